The Labute approximate surface area is 135 Å². The Hall–Kier alpha value is -1.28. The Morgan fingerprint density at radius 3 is 2.60 bits per heavy atom. The number of benzene rings is 1. The first-order valence-corrected chi connectivity index (χ1v) is 7.18. The highest BCUT2D eigenvalue weighted by Gasteiger charge is 2.14. The Bertz CT molecular complexity index is 637. The van der Waals surface area contributed by atoms with Crippen molar-refractivity contribution in [3.05, 3.63) is 26.9 Å². The topological polar surface area (TPSA) is 56.3 Å². The van der Waals surface area contributed by atoms with Crippen molar-refractivity contribution >= 4 is 40.0 Å². The van der Waals surface area contributed by atoms with E-state index in [0.717, 1.165) is 15.0 Å². The van der Waals surface area contributed by atoms with Crippen LogP contribution in [0.1, 0.15) is 0 Å². The van der Waals surface area contributed by atoms with Gasteiger partial charge in [-0.3, -0.25) is 0 Å². The third kappa shape index (κ3) is 2.90. The molecule has 20 heavy (non-hydrogen) atoms. The van der Waals surface area contributed by atoms with Gasteiger partial charge in [-0.05, 0) is 34.7 Å². The second kappa shape index (κ2) is 6.45. The summed E-state index contributed by atoms with van der Waals surface area (Å²) in [5, 5.41) is 3.48. The molecule has 1 heterocycles. The molecule has 0 saturated carbocycles. The lowest BCUT2D eigenvalue weighted by Gasteiger charge is -2.12. The molecule has 0 amide bonds. The summed E-state index contributed by atoms with van der Waals surface area (Å²) in [6, 6.07) is 3.55. The summed E-state index contributed by atoms with van der Waals surface area (Å²) in [5.74, 6) is 2.37. The molecule has 0 saturated heterocycles. The third-order valence-corrected chi connectivity index (χ3v) is 3.74. The number of halogens is 2. The van der Waals surface area contributed by atoms with Crippen LogP contribution in [-0.4, -0.2) is 31.2 Å². The van der Waals surface area contributed by atoms with E-state index in [1.165, 1.54) is 0 Å². The van der Waals surface area contributed by atoms with Crippen LogP contribution in [0.5, 0.6) is 11.5 Å². The Kier molecular flexibility index (Phi) is 4.87. The van der Waals surface area contributed by atoms with Gasteiger partial charge in [0.15, 0.2) is 17.3 Å². The maximum atomic E-state index is 6.19. The lowest BCUT2D eigenvalue weighted by molar-refractivity contribution is 0.355. The van der Waals surface area contributed by atoms with E-state index >= 15 is 0 Å². The average molecular weight is 406 g/mol. The molecule has 0 bridgehead atoms. The predicted molar refractivity (Wildman–Crippen MR) is 87.8 cm³/mol. The van der Waals surface area contributed by atoms with Crippen LogP contribution in [0.25, 0.3) is 11.4 Å². The first kappa shape index (κ1) is 15.1. The fourth-order valence-electron chi connectivity index (χ4n) is 1.73. The van der Waals surface area contributed by atoms with E-state index in [1.54, 1.807) is 32.5 Å². The number of nitrogens with zero attached hydrogens (tertiary/aromatic N) is 2. The Morgan fingerprint density at radius 2 is 2.00 bits per heavy atom. The van der Waals surface area contributed by atoms with Gasteiger partial charge in [-0.15, -0.1) is 0 Å². The highest BCUT2D eigenvalue weighted by molar-refractivity contribution is 14.1. The zero-order valence-electron chi connectivity index (χ0n) is 11.2. The largest absolute Gasteiger partial charge is 0.493 e. The summed E-state index contributed by atoms with van der Waals surface area (Å²) < 4.78 is 11.4. The fraction of sp³-hybridized carbons (Fsp3) is 0.231. The quantitative estimate of drug-likeness (QED) is 0.790. The molecular formula is C13H13ClIN3O2. The zero-order chi connectivity index (χ0) is 14.7. The molecule has 0 spiro atoms. The minimum atomic E-state index is 0.454. The van der Waals surface area contributed by atoms with Gasteiger partial charge in [0.1, 0.15) is 5.82 Å². The van der Waals surface area contributed by atoms with Gasteiger partial charge in [0.25, 0.3) is 0 Å². The molecule has 2 rings (SSSR count). The molecule has 0 aliphatic rings. The maximum absolute atomic E-state index is 6.19. The summed E-state index contributed by atoms with van der Waals surface area (Å²) in [6.45, 7) is 0. The summed E-state index contributed by atoms with van der Waals surface area (Å²) in [4.78, 5) is 8.76. The maximum Gasteiger partial charge on any atom is 0.179 e. The number of rotatable bonds is 4. The number of methoxy groups -OCH3 is 2. The number of anilines is 1. The molecule has 0 aliphatic heterocycles. The van der Waals surface area contributed by atoms with Crippen LogP contribution in [-0.2, 0) is 0 Å². The van der Waals surface area contributed by atoms with Gasteiger partial charge in [0.05, 0.1) is 22.8 Å². The number of hydrogen-bond acceptors (Lipinski definition) is 5. The van der Waals surface area contributed by atoms with Crippen LogP contribution in [0.4, 0.5) is 5.82 Å². The van der Waals surface area contributed by atoms with Gasteiger partial charge in [-0.2, -0.15) is 0 Å². The Balaban J connectivity index is 2.55. The van der Waals surface area contributed by atoms with E-state index in [-0.39, 0.29) is 0 Å². The minimum absolute atomic E-state index is 0.454. The molecule has 106 valence electrons. The van der Waals surface area contributed by atoms with Crippen molar-refractivity contribution in [1.82, 2.24) is 9.97 Å². The van der Waals surface area contributed by atoms with Crippen LogP contribution in [0, 0.1) is 3.57 Å². The first-order valence-electron chi connectivity index (χ1n) is 5.73. The van der Waals surface area contributed by atoms with Crippen molar-refractivity contribution in [3.8, 4) is 22.9 Å². The molecule has 2 aromatic rings. The average Bonchev–Trinajstić information content (AvgIpc) is 2.46. The number of ether oxygens (including phenoxy) is 2. The SMILES string of the molecule is CNc1nc(-c2cc(Cl)c(OC)c(OC)c2)ncc1I. The second-order valence-corrected chi connectivity index (χ2v) is 5.40. The van der Waals surface area contributed by atoms with E-state index in [2.05, 4.69) is 37.9 Å². The van der Waals surface area contributed by atoms with Gasteiger partial charge in [0, 0.05) is 18.8 Å². The summed E-state index contributed by atoms with van der Waals surface area (Å²) in [5.41, 5.74) is 0.764. The van der Waals surface area contributed by atoms with Gasteiger partial charge >= 0.3 is 0 Å². The normalized spacial score (nSPS) is 10.2. The van der Waals surface area contributed by atoms with Crippen LogP contribution in [0.15, 0.2) is 18.3 Å². The van der Waals surface area contributed by atoms with Crippen molar-refractivity contribution in [2.75, 3.05) is 26.6 Å². The number of aromatic nitrogens is 2. The first-order chi connectivity index (χ1) is 9.60. The lowest BCUT2D eigenvalue weighted by Crippen LogP contribution is -2.00. The molecule has 5 nitrogen and oxygen atoms in total. The van der Waals surface area contributed by atoms with E-state index in [4.69, 9.17) is 21.1 Å². The van der Waals surface area contributed by atoms with Gasteiger partial charge in [-0.25, -0.2) is 9.97 Å². The van der Waals surface area contributed by atoms with E-state index in [0.29, 0.717) is 22.3 Å². The number of hydrogen-bond donors (Lipinski definition) is 1. The van der Waals surface area contributed by atoms with Crippen molar-refractivity contribution in [1.29, 1.82) is 0 Å². The molecule has 1 N–H and O–H groups in total. The third-order valence-electron chi connectivity index (χ3n) is 2.67. The van der Waals surface area contributed by atoms with Crippen LogP contribution < -0.4 is 14.8 Å². The molecular weight excluding hydrogens is 393 g/mol. The summed E-state index contributed by atoms with van der Waals surface area (Å²) >= 11 is 8.36. The molecule has 1 aromatic heterocycles. The van der Waals surface area contributed by atoms with Crippen molar-refractivity contribution < 1.29 is 9.47 Å². The second-order valence-electron chi connectivity index (χ2n) is 3.83. The molecule has 0 unspecified atom stereocenters. The highest BCUT2D eigenvalue weighted by atomic mass is 127. The smallest absolute Gasteiger partial charge is 0.179 e. The number of nitrogens with one attached hydrogen (secondary N) is 1. The van der Waals surface area contributed by atoms with Gasteiger partial charge in [0.2, 0.25) is 0 Å². The van der Waals surface area contributed by atoms with Gasteiger partial charge < -0.3 is 14.8 Å². The molecule has 0 atom stereocenters. The van der Waals surface area contributed by atoms with E-state index < -0.39 is 0 Å². The van der Waals surface area contributed by atoms with Crippen molar-refractivity contribution in [3.63, 3.8) is 0 Å². The highest BCUT2D eigenvalue weighted by Crippen LogP contribution is 2.38. The molecule has 0 fully saturated rings. The molecule has 1 aromatic carbocycles. The fourth-order valence-corrected chi connectivity index (χ4v) is 2.55. The summed E-state index contributed by atoms with van der Waals surface area (Å²) in [6.07, 6.45) is 1.75. The van der Waals surface area contributed by atoms with Crippen LogP contribution in [0.2, 0.25) is 5.02 Å². The molecule has 0 radical (unpaired) electrons. The van der Waals surface area contributed by atoms with E-state index in [9.17, 15) is 0 Å². The van der Waals surface area contributed by atoms with Crippen LogP contribution >= 0.6 is 34.2 Å². The minimum Gasteiger partial charge on any atom is -0.493 e. The monoisotopic (exact) mass is 405 g/mol. The van der Waals surface area contributed by atoms with Crippen LogP contribution in [0.3, 0.4) is 0 Å². The standard InChI is InChI=1S/C13H13ClIN3O2/c1-16-13-9(15)6-17-12(18-13)7-4-8(14)11(20-3)10(5-7)19-2/h4-6H,1-3H3,(H,16,17,18). The summed E-state index contributed by atoms with van der Waals surface area (Å²) in [7, 11) is 4.92. The zero-order valence-corrected chi connectivity index (χ0v) is 14.1. The van der Waals surface area contributed by atoms with Crippen molar-refractivity contribution in [2.24, 2.45) is 0 Å². The van der Waals surface area contributed by atoms with Crippen molar-refractivity contribution in [2.45, 2.75) is 0 Å². The molecule has 7 heteroatoms. The lowest BCUT2D eigenvalue weighted by atomic mass is 10.2. The molecule has 0 aliphatic carbocycles. The Morgan fingerprint density at radius 1 is 1.25 bits per heavy atom. The van der Waals surface area contributed by atoms with Gasteiger partial charge in [-0.1, -0.05) is 11.6 Å². The van der Waals surface area contributed by atoms with E-state index in [1.807, 2.05) is 7.05 Å². The predicted octanol–water partition coefficient (Wildman–Crippen LogP) is 3.46.